The molecule has 0 radical (unpaired) electrons. The quantitative estimate of drug-likeness (QED) is 0.363. The third kappa shape index (κ3) is 6.35. The first-order valence-corrected chi connectivity index (χ1v) is 13.0. The summed E-state index contributed by atoms with van der Waals surface area (Å²) >= 11 is 3.32. The number of nitrogens with one attached hydrogen (secondary N) is 2. The van der Waals surface area contributed by atoms with E-state index < -0.39 is 10.0 Å². The molecule has 3 rings (SSSR count). The van der Waals surface area contributed by atoms with Crippen molar-refractivity contribution in [1.29, 1.82) is 0 Å². The van der Waals surface area contributed by atoms with Crippen molar-refractivity contribution < 1.29 is 13.2 Å². The van der Waals surface area contributed by atoms with E-state index in [1.54, 1.807) is 36.4 Å². The highest BCUT2D eigenvalue weighted by Crippen LogP contribution is 2.30. The van der Waals surface area contributed by atoms with E-state index in [0.717, 1.165) is 24.6 Å². The van der Waals surface area contributed by atoms with Gasteiger partial charge in [0.2, 0.25) is 0 Å². The van der Waals surface area contributed by atoms with E-state index in [1.165, 1.54) is 6.07 Å². The fourth-order valence-corrected chi connectivity index (χ4v) is 5.01. The number of benzene rings is 2. The molecule has 0 aliphatic heterocycles. The standard InChI is InChI=1S/C23H28BrN5O3S/c1-5-29(6-2)23-15-22(25-16(4)26-23)27-18-9-11-19(12-10-18)28-33(30,31)21-14-17(24)8-13-20(21)32-7-3/h8-15,28H,5-7H2,1-4H3,(H,25,26,27). The predicted molar refractivity (Wildman–Crippen MR) is 136 cm³/mol. The summed E-state index contributed by atoms with van der Waals surface area (Å²) in [4.78, 5) is 11.2. The van der Waals surface area contributed by atoms with Crippen LogP contribution in [0.2, 0.25) is 0 Å². The lowest BCUT2D eigenvalue weighted by Gasteiger charge is -2.20. The Kier molecular flexibility index (Phi) is 8.15. The first-order chi connectivity index (χ1) is 15.7. The van der Waals surface area contributed by atoms with Crippen LogP contribution < -0.4 is 19.7 Å². The Labute approximate surface area is 203 Å². The van der Waals surface area contributed by atoms with E-state index >= 15 is 0 Å². The Balaban J connectivity index is 1.78. The van der Waals surface area contributed by atoms with E-state index in [2.05, 4.69) is 54.7 Å². The summed E-state index contributed by atoms with van der Waals surface area (Å²) in [6.07, 6.45) is 0. The van der Waals surface area contributed by atoms with Gasteiger partial charge in [0.15, 0.2) is 0 Å². The number of hydrogen-bond acceptors (Lipinski definition) is 7. The molecule has 0 amide bonds. The Morgan fingerprint density at radius 1 is 0.970 bits per heavy atom. The number of aromatic nitrogens is 2. The predicted octanol–water partition coefficient (Wildman–Crippen LogP) is 5.34. The highest BCUT2D eigenvalue weighted by atomic mass is 79.9. The van der Waals surface area contributed by atoms with Gasteiger partial charge in [-0.2, -0.15) is 0 Å². The molecule has 8 nitrogen and oxygen atoms in total. The van der Waals surface area contributed by atoms with Crippen LogP contribution in [-0.2, 0) is 10.0 Å². The van der Waals surface area contributed by atoms with Crippen LogP contribution in [0.25, 0.3) is 0 Å². The molecule has 176 valence electrons. The number of halogens is 1. The van der Waals surface area contributed by atoms with Gasteiger partial charge in [0.1, 0.15) is 28.1 Å². The van der Waals surface area contributed by atoms with Crippen molar-refractivity contribution in [2.24, 2.45) is 0 Å². The SMILES string of the molecule is CCOc1ccc(Br)cc1S(=O)(=O)Nc1ccc(Nc2cc(N(CC)CC)nc(C)n2)cc1. The molecule has 0 bridgehead atoms. The van der Waals surface area contributed by atoms with E-state index in [0.29, 0.717) is 34.2 Å². The molecule has 0 saturated carbocycles. The maximum atomic E-state index is 13.0. The van der Waals surface area contributed by atoms with E-state index in [1.807, 2.05) is 19.9 Å². The van der Waals surface area contributed by atoms with Gasteiger partial charge in [-0.1, -0.05) is 15.9 Å². The zero-order chi connectivity index (χ0) is 24.0. The second-order valence-electron chi connectivity index (χ2n) is 7.16. The van der Waals surface area contributed by atoms with Crippen LogP contribution in [0.15, 0.2) is 57.9 Å². The average Bonchev–Trinajstić information content (AvgIpc) is 2.77. The minimum atomic E-state index is -3.84. The molecule has 2 aromatic carbocycles. The summed E-state index contributed by atoms with van der Waals surface area (Å²) in [6, 6.07) is 13.8. The highest BCUT2D eigenvalue weighted by molar-refractivity contribution is 9.10. The van der Waals surface area contributed by atoms with Crippen LogP contribution >= 0.6 is 15.9 Å². The Morgan fingerprint density at radius 2 is 1.64 bits per heavy atom. The third-order valence-corrected chi connectivity index (χ3v) is 6.71. The van der Waals surface area contributed by atoms with Crippen LogP contribution in [0.4, 0.5) is 23.0 Å². The van der Waals surface area contributed by atoms with Crippen molar-refractivity contribution in [2.45, 2.75) is 32.6 Å². The highest BCUT2D eigenvalue weighted by Gasteiger charge is 2.20. The van der Waals surface area contributed by atoms with Crippen LogP contribution in [0.3, 0.4) is 0 Å². The van der Waals surface area contributed by atoms with E-state index in [9.17, 15) is 8.42 Å². The van der Waals surface area contributed by atoms with Crippen LogP contribution in [-0.4, -0.2) is 38.1 Å². The summed E-state index contributed by atoms with van der Waals surface area (Å²) in [5.41, 5.74) is 1.21. The van der Waals surface area contributed by atoms with Crippen LogP contribution in [0, 0.1) is 6.92 Å². The Hall–Kier alpha value is -2.85. The Morgan fingerprint density at radius 3 is 2.27 bits per heavy atom. The molecule has 0 spiro atoms. The minimum Gasteiger partial charge on any atom is -0.492 e. The fourth-order valence-electron chi connectivity index (χ4n) is 3.27. The molecule has 0 atom stereocenters. The van der Waals surface area contributed by atoms with Gasteiger partial charge in [-0.25, -0.2) is 18.4 Å². The molecule has 0 saturated heterocycles. The molecule has 1 aromatic heterocycles. The molecule has 0 aliphatic rings. The monoisotopic (exact) mass is 533 g/mol. The summed E-state index contributed by atoms with van der Waals surface area (Å²) in [7, 11) is -3.84. The molecular weight excluding hydrogens is 506 g/mol. The summed E-state index contributed by atoms with van der Waals surface area (Å²) < 4.78 is 34.7. The largest absolute Gasteiger partial charge is 0.492 e. The molecule has 0 aliphatic carbocycles. The first-order valence-electron chi connectivity index (χ1n) is 10.7. The first kappa shape index (κ1) is 24.8. The van der Waals surface area contributed by atoms with E-state index in [4.69, 9.17) is 4.74 Å². The Bertz CT molecular complexity index is 1200. The van der Waals surface area contributed by atoms with Crippen LogP contribution in [0.5, 0.6) is 5.75 Å². The minimum absolute atomic E-state index is 0.0707. The number of ether oxygens (including phenoxy) is 1. The number of anilines is 4. The summed E-state index contributed by atoms with van der Waals surface area (Å²) in [6.45, 7) is 9.90. The van der Waals surface area contributed by atoms with Crippen molar-refractivity contribution in [2.75, 3.05) is 34.6 Å². The van der Waals surface area contributed by atoms with Gasteiger partial charge >= 0.3 is 0 Å². The fraction of sp³-hybridized carbons (Fsp3) is 0.304. The second-order valence-corrected chi connectivity index (χ2v) is 9.73. The molecule has 0 fully saturated rings. The lowest BCUT2D eigenvalue weighted by molar-refractivity contribution is 0.331. The zero-order valence-corrected chi connectivity index (χ0v) is 21.5. The lowest BCUT2D eigenvalue weighted by Crippen LogP contribution is -2.23. The number of sulfonamides is 1. The average molecular weight is 534 g/mol. The van der Waals surface area contributed by atoms with Gasteiger partial charge < -0.3 is 15.0 Å². The van der Waals surface area contributed by atoms with Gasteiger partial charge in [0, 0.05) is 35.0 Å². The van der Waals surface area contributed by atoms with Crippen molar-refractivity contribution >= 4 is 49.0 Å². The van der Waals surface area contributed by atoms with Gasteiger partial charge in [-0.15, -0.1) is 0 Å². The summed E-state index contributed by atoms with van der Waals surface area (Å²) in [5, 5.41) is 3.26. The molecule has 33 heavy (non-hydrogen) atoms. The van der Waals surface area contributed by atoms with Crippen molar-refractivity contribution in [3.63, 3.8) is 0 Å². The molecule has 1 heterocycles. The molecule has 0 unspecified atom stereocenters. The molecule has 2 N–H and O–H groups in total. The summed E-state index contributed by atoms with van der Waals surface area (Å²) in [5.74, 6) is 2.51. The van der Waals surface area contributed by atoms with Crippen molar-refractivity contribution in [1.82, 2.24) is 9.97 Å². The zero-order valence-electron chi connectivity index (χ0n) is 19.1. The molecule has 3 aromatic rings. The van der Waals surface area contributed by atoms with Gasteiger partial charge in [0.25, 0.3) is 10.0 Å². The topological polar surface area (TPSA) is 96.5 Å². The molecular formula is C23H28BrN5O3S. The number of rotatable bonds is 10. The van der Waals surface area contributed by atoms with Gasteiger partial charge in [-0.05, 0) is 70.2 Å². The maximum Gasteiger partial charge on any atom is 0.265 e. The van der Waals surface area contributed by atoms with Crippen molar-refractivity contribution in [3.8, 4) is 5.75 Å². The van der Waals surface area contributed by atoms with Gasteiger partial charge in [-0.3, -0.25) is 4.72 Å². The smallest absolute Gasteiger partial charge is 0.265 e. The van der Waals surface area contributed by atoms with Crippen LogP contribution in [0.1, 0.15) is 26.6 Å². The van der Waals surface area contributed by atoms with E-state index in [-0.39, 0.29) is 4.90 Å². The molecule has 10 heteroatoms. The normalized spacial score (nSPS) is 11.2. The maximum absolute atomic E-state index is 13.0. The van der Waals surface area contributed by atoms with Gasteiger partial charge in [0.05, 0.1) is 6.61 Å². The van der Waals surface area contributed by atoms with Crippen molar-refractivity contribution in [3.05, 3.63) is 58.8 Å². The number of hydrogen-bond donors (Lipinski definition) is 2. The number of nitrogens with zero attached hydrogens (tertiary/aromatic N) is 3. The third-order valence-electron chi connectivity index (χ3n) is 4.82. The lowest BCUT2D eigenvalue weighted by atomic mass is 10.3. The number of aryl methyl sites for hydroxylation is 1. The second kappa shape index (κ2) is 10.8.